The molecule has 100 valence electrons. The van der Waals surface area contributed by atoms with E-state index in [9.17, 15) is 9.90 Å². The van der Waals surface area contributed by atoms with Gasteiger partial charge in [0, 0.05) is 24.2 Å². The smallest absolute Gasteiger partial charge is 0.159 e. The Hall–Kier alpha value is -1.39. The Kier molecular flexibility index (Phi) is 5.82. The molecule has 0 spiro atoms. The maximum atomic E-state index is 11.3. The molecule has 0 saturated heterocycles. The van der Waals surface area contributed by atoms with Crippen LogP contribution in [0.1, 0.15) is 36.2 Å². The largest absolute Gasteiger partial charge is 0.508 e. The van der Waals surface area contributed by atoms with Crippen molar-refractivity contribution >= 4 is 5.78 Å². The second kappa shape index (κ2) is 7.13. The number of phenolic OH excluding ortho intramolecular Hbond substituents is 1. The van der Waals surface area contributed by atoms with E-state index in [1.807, 2.05) is 0 Å². The third kappa shape index (κ3) is 4.13. The second-order valence-electron chi connectivity index (χ2n) is 4.40. The molecule has 2 N–H and O–H groups in total. The third-order valence-electron chi connectivity index (χ3n) is 2.84. The highest BCUT2D eigenvalue weighted by Crippen LogP contribution is 2.20. The minimum atomic E-state index is -0.0135. The average molecular weight is 251 g/mol. The van der Waals surface area contributed by atoms with Crippen LogP contribution in [0.15, 0.2) is 18.2 Å². The summed E-state index contributed by atoms with van der Waals surface area (Å²) in [5.41, 5.74) is 1.33. The lowest BCUT2D eigenvalue weighted by molar-refractivity contribution is 0.101. The molecule has 0 bridgehead atoms. The normalized spacial score (nSPS) is 10.9. The minimum absolute atomic E-state index is 0.0135. The van der Waals surface area contributed by atoms with Gasteiger partial charge in [0.1, 0.15) is 5.75 Å². The Balaban J connectivity index is 2.86. The molecule has 0 aliphatic rings. The number of rotatable bonds is 7. The lowest BCUT2D eigenvalue weighted by atomic mass is 10.1. The number of phenols is 1. The summed E-state index contributed by atoms with van der Waals surface area (Å²) in [5, 5.41) is 18.8. The molecule has 4 nitrogen and oxygen atoms in total. The van der Waals surface area contributed by atoms with E-state index in [1.165, 1.54) is 6.92 Å². The third-order valence-corrected chi connectivity index (χ3v) is 2.84. The molecule has 0 fully saturated rings. The molecule has 0 aromatic heterocycles. The van der Waals surface area contributed by atoms with E-state index in [0.29, 0.717) is 18.7 Å². The van der Waals surface area contributed by atoms with E-state index in [1.54, 1.807) is 18.2 Å². The zero-order chi connectivity index (χ0) is 13.5. The van der Waals surface area contributed by atoms with Gasteiger partial charge in [-0.3, -0.25) is 9.69 Å². The van der Waals surface area contributed by atoms with Crippen molar-refractivity contribution in [2.45, 2.75) is 26.8 Å². The zero-order valence-electron chi connectivity index (χ0n) is 11.0. The lowest BCUT2D eigenvalue weighted by Crippen LogP contribution is -2.27. The Labute approximate surface area is 108 Å². The molecule has 1 rings (SSSR count). The van der Waals surface area contributed by atoms with Gasteiger partial charge in [-0.25, -0.2) is 0 Å². The Morgan fingerprint density at radius 1 is 1.33 bits per heavy atom. The SMILES string of the molecule is CCCN(CCO)Cc1cc(C(C)=O)ccc1O. The van der Waals surface area contributed by atoms with Crippen LogP contribution in [0, 0.1) is 0 Å². The van der Waals surface area contributed by atoms with Crippen LogP contribution in [0.2, 0.25) is 0 Å². The Bertz CT molecular complexity index is 398. The molecule has 18 heavy (non-hydrogen) atoms. The maximum absolute atomic E-state index is 11.3. The highest BCUT2D eigenvalue weighted by atomic mass is 16.3. The minimum Gasteiger partial charge on any atom is -0.508 e. The van der Waals surface area contributed by atoms with E-state index in [-0.39, 0.29) is 18.1 Å². The maximum Gasteiger partial charge on any atom is 0.159 e. The molecule has 1 aromatic carbocycles. The number of carbonyl (C=O) groups excluding carboxylic acids is 1. The van der Waals surface area contributed by atoms with E-state index in [0.717, 1.165) is 18.5 Å². The standard InChI is InChI=1S/C14H21NO3/c1-3-6-15(7-8-16)10-13-9-12(11(2)17)4-5-14(13)18/h4-5,9,16,18H,3,6-8,10H2,1-2H3. The van der Waals surface area contributed by atoms with E-state index < -0.39 is 0 Å². The zero-order valence-corrected chi connectivity index (χ0v) is 11.0. The Morgan fingerprint density at radius 3 is 2.61 bits per heavy atom. The van der Waals surface area contributed by atoms with Crippen LogP contribution in [0.4, 0.5) is 0 Å². The molecule has 0 aliphatic carbocycles. The summed E-state index contributed by atoms with van der Waals surface area (Å²) >= 11 is 0. The first-order valence-electron chi connectivity index (χ1n) is 6.24. The summed E-state index contributed by atoms with van der Waals surface area (Å²) in [6.45, 7) is 5.63. The van der Waals surface area contributed by atoms with Gasteiger partial charge in [0.2, 0.25) is 0 Å². The molecule has 0 unspecified atom stereocenters. The van der Waals surface area contributed by atoms with Crippen molar-refractivity contribution in [3.05, 3.63) is 29.3 Å². The first kappa shape index (κ1) is 14.7. The number of hydrogen-bond acceptors (Lipinski definition) is 4. The molecule has 0 radical (unpaired) electrons. The van der Waals surface area contributed by atoms with Crippen molar-refractivity contribution in [2.75, 3.05) is 19.7 Å². The quantitative estimate of drug-likeness (QED) is 0.725. The van der Waals surface area contributed by atoms with Crippen molar-refractivity contribution in [2.24, 2.45) is 0 Å². The molecular formula is C14H21NO3. The van der Waals surface area contributed by atoms with Crippen LogP contribution in [-0.4, -0.2) is 40.6 Å². The summed E-state index contributed by atoms with van der Waals surface area (Å²) in [5.74, 6) is 0.180. The topological polar surface area (TPSA) is 60.8 Å². The van der Waals surface area contributed by atoms with Gasteiger partial charge in [-0.15, -0.1) is 0 Å². The number of nitrogens with zero attached hydrogens (tertiary/aromatic N) is 1. The lowest BCUT2D eigenvalue weighted by Gasteiger charge is -2.21. The molecule has 0 heterocycles. The van der Waals surface area contributed by atoms with Crippen molar-refractivity contribution in [3.63, 3.8) is 0 Å². The predicted octanol–water partition coefficient (Wildman–Crippen LogP) is 1.80. The molecule has 0 aliphatic heterocycles. The van der Waals surface area contributed by atoms with Gasteiger partial charge >= 0.3 is 0 Å². The summed E-state index contributed by atoms with van der Waals surface area (Å²) in [6.07, 6.45) is 0.979. The monoisotopic (exact) mass is 251 g/mol. The number of ketones is 1. The van der Waals surface area contributed by atoms with Gasteiger partial charge in [-0.05, 0) is 38.1 Å². The number of hydrogen-bond donors (Lipinski definition) is 2. The Morgan fingerprint density at radius 2 is 2.06 bits per heavy atom. The van der Waals surface area contributed by atoms with Crippen molar-refractivity contribution in [1.82, 2.24) is 4.90 Å². The number of aliphatic hydroxyl groups excluding tert-OH is 1. The van der Waals surface area contributed by atoms with Crippen LogP contribution < -0.4 is 0 Å². The van der Waals surface area contributed by atoms with Crippen LogP contribution in [0.5, 0.6) is 5.75 Å². The van der Waals surface area contributed by atoms with Crippen molar-refractivity contribution in [1.29, 1.82) is 0 Å². The van der Waals surface area contributed by atoms with E-state index >= 15 is 0 Å². The van der Waals surface area contributed by atoms with Gasteiger partial charge in [0.15, 0.2) is 5.78 Å². The van der Waals surface area contributed by atoms with Crippen LogP contribution >= 0.6 is 0 Å². The molecule has 0 atom stereocenters. The molecule has 4 heteroatoms. The van der Waals surface area contributed by atoms with Crippen LogP contribution in [0.25, 0.3) is 0 Å². The fourth-order valence-corrected chi connectivity index (χ4v) is 1.90. The van der Waals surface area contributed by atoms with Crippen LogP contribution in [-0.2, 0) is 6.54 Å². The highest BCUT2D eigenvalue weighted by Gasteiger charge is 2.10. The number of aliphatic hydroxyl groups is 1. The van der Waals surface area contributed by atoms with Gasteiger partial charge in [0.25, 0.3) is 0 Å². The fourth-order valence-electron chi connectivity index (χ4n) is 1.90. The predicted molar refractivity (Wildman–Crippen MR) is 70.8 cm³/mol. The number of carbonyl (C=O) groups is 1. The van der Waals surface area contributed by atoms with Gasteiger partial charge < -0.3 is 10.2 Å². The molecule has 0 saturated carbocycles. The number of aromatic hydroxyl groups is 1. The summed E-state index contributed by atoms with van der Waals surface area (Å²) in [4.78, 5) is 13.4. The van der Waals surface area contributed by atoms with Gasteiger partial charge in [-0.1, -0.05) is 6.92 Å². The summed E-state index contributed by atoms with van der Waals surface area (Å²) in [6, 6.07) is 4.89. The van der Waals surface area contributed by atoms with Crippen molar-refractivity contribution < 1.29 is 15.0 Å². The molecule has 0 amide bonds. The van der Waals surface area contributed by atoms with Crippen molar-refractivity contribution in [3.8, 4) is 5.75 Å². The average Bonchev–Trinajstić information content (AvgIpc) is 2.32. The second-order valence-corrected chi connectivity index (χ2v) is 4.40. The highest BCUT2D eigenvalue weighted by molar-refractivity contribution is 5.94. The van der Waals surface area contributed by atoms with Gasteiger partial charge in [-0.2, -0.15) is 0 Å². The summed E-state index contributed by atoms with van der Waals surface area (Å²) in [7, 11) is 0. The number of Topliss-reactive ketones (excluding diaryl/α,β-unsaturated/α-hetero) is 1. The molecule has 1 aromatic rings. The first-order chi connectivity index (χ1) is 8.58. The molecular weight excluding hydrogens is 230 g/mol. The van der Waals surface area contributed by atoms with E-state index in [4.69, 9.17) is 5.11 Å². The van der Waals surface area contributed by atoms with Crippen LogP contribution in [0.3, 0.4) is 0 Å². The van der Waals surface area contributed by atoms with Gasteiger partial charge in [0.05, 0.1) is 6.61 Å². The summed E-state index contributed by atoms with van der Waals surface area (Å²) < 4.78 is 0. The number of benzene rings is 1. The fraction of sp³-hybridized carbons (Fsp3) is 0.500. The van der Waals surface area contributed by atoms with E-state index in [2.05, 4.69) is 11.8 Å². The first-order valence-corrected chi connectivity index (χ1v) is 6.24.